The van der Waals surface area contributed by atoms with Crippen LogP contribution in [0.5, 0.6) is 0 Å². The van der Waals surface area contributed by atoms with Crippen LogP contribution in [-0.4, -0.2) is 40.6 Å². The summed E-state index contributed by atoms with van der Waals surface area (Å²) >= 11 is 5.55. The van der Waals surface area contributed by atoms with E-state index in [1.807, 2.05) is 54.5 Å². The summed E-state index contributed by atoms with van der Waals surface area (Å²) in [5.74, 6) is 0.187. The maximum Gasteiger partial charge on any atom is 0.228 e. The Morgan fingerprint density at radius 1 is 1.29 bits per heavy atom. The van der Waals surface area contributed by atoms with Crippen molar-refractivity contribution < 1.29 is 8.42 Å². The Morgan fingerprint density at radius 2 is 1.97 bits per heavy atom. The molecule has 8 heteroatoms. The molecule has 0 saturated heterocycles. The first-order valence-electron chi connectivity index (χ1n) is 10.5. The second-order valence-corrected chi connectivity index (χ2v) is 10.8. The summed E-state index contributed by atoms with van der Waals surface area (Å²) in [6, 6.07) is 7.74. The van der Waals surface area contributed by atoms with E-state index >= 15 is 0 Å². The minimum atomic E-state index is -3.61. The van der Waals surface area contributed by atoms with Gasteiger partial charge in [-0.2, -0.15) is 0 Å². The van der Waals surface area contributed by atoms with Crippen molar-refractivity contribution in [1.82, 2.24) is 19.8 Å². The van der Waals surface area contributed by atoms with Crippen molar-refractivity contribution in [3.8, 4) is 0 Å². The molecule has 2 aromatic rings. The zero-order chi connectivity index (χ0) is 23.2. The molecule has 170 valence electrons. The molecule has 1 aromatic carbocycles. The van der Waals surface area contributed by atoms with Crippen LogP contribution in [0.15, 0.2) is 48.3 Å². The van der Waals surface area contributed by atoms with Crippen molar-refractivity contribution in [2.75, 3.05) is 6.54 Å². The summed E-state index contributed by atoms with van der Waals surface area (Å²) in [6.45, 7) is 15.5. The van der Waals surface area contributed by atoms with Gasteiger partial charge in [0.2, 0.25) is 15.0 Å². The molecule has 0 radical (unpaired) electrons. The lowest BCUT2D eigenvalue weighted by molar-refractivity contribution is 0.402. The van der Waals surface area contributed by atoms with Crippen LogP contribution in [0.4, 0.5) is 0 Å². The molecule has 0 aliphatic rings. The standard InChI is InChI=1S/C23H34N4O2S2/c1-7-12-26(22(30)25-18(4)5)15-21-13-24-23(27(21)14-17(2)3)31(28,29)16-20-11-9-8-10-19(20)6/h7-11,13,17-18H,1,12,14-16H2,2-6H3,(H,25,30). The molecule has 1 heterocycles. The lowest BCUT2D eigenvalue weighted by Crippen LogP contribution is -2.42. The van der Waals surface area contributed by atoms with Gasteiger partial charge in [0.05, 0.1) is 24.2 Å². The van der Waals surface area contributed by atoms with E-state index in [1.54, 1.807) is 12.3 Å². The molecular weight excluding hydrogens is 428 g/mol. The fourth-order valence-corrected chi connectivity index (χ4v) is 5.26. The van der Waals surface area contributed by atoms with E-state index in [9.17, 15) is 8.42 Å². The van der Waals surface area contributed by atoms with Crippen LogP contribution >= 0.6 is 12.2 Å². The van der Waals surface area contributed by atoms with Gasteiger partial charge in [0.15, 0.2) is 5.11 Å². The van der Waals surface area contributed by atoms with E-state index in [0.717, 1.165) is 16.8 Å². The third kappa shape index (κ3) is 6.90. The number of sulfone groups is 1. The highest BCUT2D eigenvalue weighted by Crippen LogP contribution is 2.21. The van der Waals surface area contributed by atoms with Gasteiger partial charge >= 0.3 is 0 Å². The van der Waals surface area contributed by atoms with E-state index in [-0.39, 0.29) is 22.9 Å². The highest BCUT2D eigenvalue weighted by Gasteiger charge is 2.26. The summed E-state index contributed by atoms with van der Waals surface area (Å²) in [5.41, 5.74) is 2.56. The van der Waals surface area contributed by atoms with Gasteiger partial charge in [0.1, 0.15) is 0 Å². The summed E-state index contributed by atoms with van der Waals surface area (Å²) in [6.07, 6.45) is 3.44. The molecule has 6 nitrogen and oxygen atoms in total. The maximum atomic E-state index is 13.3. The zero-order valence-corrected chi connectivity index (χ0v) is 20.8. The van der Waals surface area contributed by atoms with Crippen LogP contribution in [0.25, 0.3) is 0 Å². The minimum Gasteiger partial charge on any atom is -0.360 e. The Balaban J connectivity index is 2.41. The number of nitrogens with one attached hydrogen (secondary N) is 1. The van der Waals surface area contributed by atoms with Crippen LogP contribution < -0.4 is 5.32 Å². The molecular formula is C23H34N4O2S2. The number of aromatic nitrogens is 2. The quantitative estimate of drug-likeness (QED) is 0.424. The highest BCUT2D eigenvalue weighted by atomic mass is 32.2. The number of benzene rings is 1. The Hall–Kier alpha value is -2.19. The molecule has 0 spiro atoms. The van der Waals surface area contributed by atoms with Crippen LogP contribution in [0, 0.1) is 12.8 Å². The second-order valence-electron chi connectivity index (χ2n) is 8.50. The van der Waals surface area contributed by atoms with Crippen LogP contribution in [-0.2, 0) is 28.7 Å². The molecule has 31 heavy (non-hydrogen) atoms. The van der Waals surface area contributed by atoms with Gasteiger partial charge in [-0.3, -0.25) is 0 Å². The SMILES string of the molecule is C=CCN(Cc1cnc(S(=O)(=O)Cc2ccccc2C)n1CC(C)C)C(=S)NC(C)C. The van der Waals surface area contributed by atoms with Crippen molar-refractivity contribution in [3.63, 3.8) is 0 Å². The Labute approximate surface area is 192 Å². The van der Waals surface area contributed by atoms with E-state index in [1.165, 1.54) is 0 Å². The monoisotopic (exact) mass is 462 g/mol. The third-order valence-corrected chi connectivity index (χ3v) is 6.69. The Bertz CT molecular complexity index is 1010. The fraction of sp³-hybridized carbons (Fsp3) is 0.478. The number of thiocarbonyl (C=S) groups is 1. The normalized spacial score (nSPS) is 11.7. The Morgan fingerprint density at radius 3 is 2.55 bits per heavy atom. The zero-order valence-electron chi connectivity index (χ0n) is 19.1. The minimum absolute atomic E-state index is 0.0715. The Kier molecular flexibility index (Phi) is 8.82. The molecule has 1 aromatic heterocycles. The van der Waals surface area contributed by atoms with E-state index in [4.69, 9.17) is 12.2 Å². The average Bonchev–Trinajstić information content (AvgIpc) is 3.05. The molecule has 2 rings (SSSR count). The van der Waals surface area contributed by atoms with Crippen molar-refractivity contribution in [2.24, 2.45) is 5.92 Å². The number of hydrogen-bond acceptors (Lipinski definition) is 4. The molecule has 0 amide bonds. The fourth-order valence-electron chi connectivity index (χ4n) is 3.28. The van der Waals surface area contributed by atoms with E-state index in [2.05, 4.69) is 30.7 Å². The van der Waals surface area contributed by atoms with Crippen LogP contribution in [0.1, 0.15) is 44.5 Å². The topological polar surface area (TPSA) is 67.2 Å². The molecule has 1 N–H and O–H groups in total. The van der Waals surface area contributed by atoms with E-state index in [0.29, 0.717) is 24.7 Å². The van der Waals surface area contributed by atoms with Gasteiger partial charge in [-0.05, 0) is 50.0 Å². The molecule has 0 bridgehead atoms. The largest absolute Gasteiger partial charge is 0.360 e. The highest BCUT2D eigenvalue weighted by molar-refractivity contribution is 7.90. The number of nitrogens with zero attached hydrogens (tertiary/aromatic N) is 3. The smallest absolute Gasteiger partial charge is 0.228 e. The predicted molar refractivity (Wildman–Crippen MR) is 131 cm³/mol. The van der Waals surface area contributed by atoms with Crippen molar-refractivity contribution >= 4 is 27.2 Å². The molecule has 0 saturated carbocycles. The van der Waals surface area contributed by atoms with Gasteiger partial charge in [-0.15, -0.1) is 6.58 Å². The van der Waals surface area contributed by atoms with Gasteiger partial charge in [-0.25, -0.2) is 13.4 Å². The molecule has 0 aliphatic heterocycles. The first-order valence-corrected chi connectivity index (χ1v) is 12.6. The molecule has 0 fully saturated rings. The molecule has 0 atom stereocenters. The number of rotatable bonds is 10. The number of aryl methyl sites for hydroxylation is 1. The van der Waals surface area contributed by atoms with Gasteiger partial charge in [-0.1, -0.05) is 44.2 Å². The van der Waals surface area contributed by atoms with Crippen molar-refractivity contribution in [2.45, 2.75) is 64.7 Å². The van der Waals surface area contributed by atoms with Crippen LogP contribution in [0.2, 0.25) is 0 Å². The van der Waals surface area contributed by atoms with Gasteiger partial charge < -0.3 is 14.8 Å². The van der Waals surface area contributed by atoms with Crippen molar-refractivity contribution in [3.05, 3.63) is 59.9 Å². The predicted octanol–water partition coefficient (Wildman–Crippen LogP) is 4.09. The molecule has 0 unspecified atom stereocenters. The maximum absolute atomic E-state index is 13.3. The van der Waals surface area contributed by atoms with Gasteiger partial charge in [0, 0.05) is 19.1 Å². The lowest BCUT2D eigenvalue weighted by Gasteiger charge is -2.26. The first-order chi connectivity index (χ1) is 14.5. The summed E-state index contributed by atoms with van der Waals surface area (Å²) < 4.78 is 28.4. The average molecular weight is 463 g/mol. The number of imidazole rings is 1. The molecule has 0 aliphatic carbocycles. The van der Waals surface area contributed by atoms with Crippen molar-refractivity contribution in [1.29, 1.82) is 0 Å². The third-order valence-electron chi connectivity index (χ3n) is 4.74. The summed E-state index contributed by atoms with van der Waals surface area (Å²) in [4.78, 5) is 6.33. The first kappa shape index (κ1) is 25.1. The number of hydrogen-bond donors (Lipinski definition) is 1. The lowest BCUT2D eigenvalue weighted by atomic mass is 10.1. The second kappa shape index (κ2) is 10.9. The summed E-state index contributed by atoms with van der Waals surface area (Å²) in [7, 11) is -3.61. The van der Waals surface area contributed by atoms with Gasteiger partial charge in [0.25, 0.3) is 0 Å². The van der Waals surface area contributed by atoms with E-state index < -0.39 is 9.84 Å². The summed E-state index contributed by atoms with van der Waals surface area (Å²) in [5, 5.41) is 3.97. The van der Waals surface area contributed by atoms with Crippen LogP contribution in [0.3, 0.4) is 0 Å².